The maximum atomic E-state index is 12.6. The van der Waals surface area contributed by atoms with E-state index < -0.39 is 10.0 Å². The van der Waals surface area contributed by atoms with E-state index in [2.05, 4.69) is 0 Å². The van der Waals surface area contributed by atoms with E-state index in [-0.39, 0.29) is 22.4 Å². The molecule has 0 bridgehead atoms. The highest BCUT2D eigenvalue weighted by molar-refractivity contribution is 7.89. The minimum atomic E-state index is -3.55. The van der Waals surface area contributed by atoms with Gasteiger partial charge in [0.25, 0.3) is 0 Å². The summed E-state index contributed by atoms with van der Waals surface area (Å²) in [5.41, 5.74) is 5.67. The second-order valence-corrected chi connectivity index (χ2v) is 7.38. The van der Waals surface area contributed by atoms with Crippen LogP contribution in [-0.4, -0.2) is 30.9 Å². The smallest absolute Gasteiger partial charge is 0.243 e. The van der Waals surface area contributed by atoms with E-state index in [0.717, 1.165) is 25.7 Å². The maximum absolute atomic E-state index is 12.6. The second-order valence-electron chi connectivity index (χ2n) is 5.39. The number of nitrogens with two attached hydrogens (primary N) is 1. The van der Waals surface area contributed by atoms with Crippen LogP contribution in [0.3, 0.4) is 0 Å². The summed E-state index contributed by atoms with van der Waals surface area (Å²) < 4.78 is 26.7. The molecule has 1 aromatic rings. The van der Waals surface area contributed by atoms with Crippen LogP contribution < -0.4 is 5.73 Å². The molecular weight excluding hydrogens is 276 g/mol. The molecule has 6 heteroatoms. The molecule has 112 valence electrons. The van der Waals surface area contributed by atoms with E-state index in [9.17, 15) is 13.5 Å². The van der Waals surface area contributed by atoms with Gasteiger partial charge in [0.1, 0.15) is 5.75 Å². The van der Waals surface area contributed by atoms with Gasteiger partial charge < -0.3 is 10.8 Å². The topological polar surface area (TPSA) is 83.6 Å². The maximum Gasteiger partial charge on any atom is 0.243 e. The Labute approximate surface area is 120 Å². The molecule has 1 aromatic carbocycles. The van der Waals surface area contributed by atoms with Crippen LogP contribution in [0.4, 0.5) is 5.69 Å². The zero-order valence-corrected chi connectivity index (χ0v) is 12.6. The van der Waals surface area contributed by atoms with Crippen LogP contribution >= 0.6 is 0 Å². The van der Waals surface area contributed by atoms with E-state index in [1.807, 2.05) is 0 Å². The van der Waals surface area contributed by atoms with Crippen molar-refractivity contribution in [2.75, 3.05) is 12.8 Å². The predicted molar refractivity (Wildman–Crippen MR) is 79.0 cm³/mol. The fraction of sp³-hybridized carbons (Fsp3) is 0.571. The molecule has 5 nitrogen and oxygen atoms in total. The molecule has 1 aliphatic rings. The van der Waals surface area contributed by atoms with Crippen molar-refractivity contribution in [2.24, 2.45) is 0 Å². The van der Waals surface area contributed by atoms with Crippen molar-refractivity contribution in [1.29, 1.82) is 0 Å². The van der Waals surface area contributed by atoms with Gasteiger partial charge >= 0.3 is 0 Å². The summed E-state index contributed by atoms with van der Waals surface area (Å²) in [5.74, 6) is -0.0962. The first-order chi connectivity index (χ1) is 9.43. The minimum absolute atomic E-state index is 0.0533. The first kappa shape index (κ1) is 15.1. The van der Waals surface area contributed by atoms with E-state index in [4.69, 9.17) is 5.73 Å². The Bertz CT molecular complexity index is 564. The monoisotopic (exact) mass is 298 g/mol. The van der Waals surface area contributed by atoms with Gasteiger partial charge in [-0.2, -0.15) is 4.31 Å². The SMILES string of the molecule is CN(C1CCCCCC1)S(=O)(=O)c1ccc(O)c(N)c1. The quantitative estimate of drug-likeness (QED) is 0.509. The van der Waals surface area contributed by atoms with Crippen LogP contribution in [-0.2, 0) is 10.0 Å². The molecule has 2 rings (SSSR count). The number of anilines is 1. The Balaban J connectivity index is 2.26. The number of sulfonamides is 1. The summed E-state index contributed by atoms with van der Waals surface area (Å²) in [4.78, 5) is 0.138. The molecule has 0 radical (unpaired) electrons. The van der Waals surface area contributed by atoms with Gasteiger partial charge in [0.05, 0.1) is 10.6 Å². The second kappa shape index (κ2) is 6.01. The average Bonchev–Trinajstić information content (AvgIpc) is 2.69. The molecular formula is C14H22N2O3S. The lowest BCUT2D eigenvalue weighted by molar-refractivity contribution is 0.335. The number of phenolic OH excluding ortho intramolecular Hbond substituents is 1. The first-order valence-corrected chi connectivity index (χ1v) is 8.43. The van der Waals surface area contributed by atoms with E-state index >= 15 is 0 Å². The zero-order chi connectivity index (χ0) is 14.8. The summed E-state index contributed by atoms with van der Waals surface area (Å²) in [7, 11) is -1.92. The minimum Gasteiger partial charge on any atom is -0.506 e. The number of hydrogen-bond donors (Lipinski definition) is 2. The first-order valence-electron chi connectivity index (χ1n) is 6.99. The van der Waals surface area contributed by atoms with E-state index in [0.29, 0.717) is 0 Å². The fourth-order valence-corrected chi connectivity index (χ4v) is 4.13. The van der Waals surface area contributed by atoms with Crippen LogP contribution in [0.2, 0.25) is 0 Å². The average molecular weight is 298 g/mol. The Morgan fingerprint density at radius 2 is 1.80 bits per heavy atom. The summed E-state index contributed by atoms with van der Waals surface area (Å²) in [5, 5.41) is 9.40. The third-order valence-electron chi connectivity index (χ3n) is 4.01. The van der Waals surface area contributed by atoms with Crippen molar-refractivity contribution in [1.82, 2.24) is 4.31 Å². The van der Waals surface area contributed by atoms with Crippen molar-refractivity contribution >= 4 is 15.7 Å². The van der Waals surface area contributed by atoms with Crippen molar-refractivity contribution < 1.29 is 13.5 Å². The molecule has 0 aromatic heterocycles. The van der Waals surface area contributed by atoms with E-state index in [1.165, 1.54) is 35.3 Å². The molecule has 0 amide bonds. The number of benzene rings is 1. The van der Waals surface area contributed by atoms with Crippen LogP contribution in [0.25, 0.3) is 0 Å². The molecule has 0 heterocycles. The molecule has 0 spiro atoms. The zero-order valence-electron chi connectivity index (χ0n) is 11.7. The summed E-state index contributed by atoms with van der Waals surface area (Å²) in [6, 6.07) is 4.09. The van der Waals surface area contributed by atoms with Gasteiger partial charge in [-0.15, -0.1) is 0 Å². The number of hydrogen-bond acceptors (Lipinski definition) is 4. The highest BCUT2D eigenvalue weighted by atomic mass is 32.2. The van der Waals surface area contributed by atoms with Gasteiger partial charge in [-0.05, 0) is 31.0 Å². The van der Waals surface area contributed by atoms with Crippen molar-refractivity contribution in [3.8, 4) is 5.75 Å². The standard InChI is InChI=1S/C14H22N2O3S/c1-16(11-6-4-2-3-5-7-11)20(18,19)12-8-9-14(17)13(15)10-12/h8-11,17H,2-7,15H2,1H3. The van der Waals surface area contributed by atoms with Crippen molar-refractivity contribution in [2.45, 2.75) is 49.5 Å². The largest absolute Gasteiger partial charge is 0.506 e. The normalized spacial score (nSPS) is 18.1. The third kappa shape index (κ3) is 3.07. The lowest BCUT2D eigenvalue weighted by Gasteiger charge is -2.26. The Hall–Kier alpha value is -1.27. The Kier molecular flexibility index (Phi) is 4.55. The van der Waals surface area contributed by atoms with Crippen LogP contribution in [0, 0.1) is 0 Å². The number of rotatable bonds is 3. The number of nitrogens with zero attached hydrogens (tertiary/aromatic N) is 1. The Morgan fingerprint density at radius 3 is 2.35 bits per heavy atom. The molecule has 0 atom stereocenters. The lowest BCUT2D eigenvalue weighted by atomic mass is 10.1. The Morgan fingerprint density at radius 1 is 1.20 bits per heavy atom. The lowest BCUT2D eigenvalue weighted by Crippen LogP contribution is -2.36. The molecule has 0 aliphatic heterocycles. The number of aromatic hydroxyl groups is 1. The number of phenols is 1. The van der Waals surface area contributed by atoms with Gasteiger partial charge in [-0.3, -0.25) is 0 Å². The van der Waals surface area contributed by atoms with Crippen LogP contribution in [0.5, 0.6) is 5.75 Å². The van der Waals surface area contributed by atoms with Gasteiger partial charge in [-0.25, -0.2) is 8.42 Å². The number of nitrogen functional groups attached to an aromatic ring is 1. The third-order valence-corrected chi connectivity index (χ3v) is 5.92. The molecule has 20 heavy (non-hydrogen) atoms. The predicted octanol–water partition coefficient (Wildman–Crippen LogP) is 2.32. The molecule has 3 N–H and O–H groups in total. The molecule has 1 saturated carbocycles. The summed E-state index contributed by atoms with van der Waals surface area (Å²) >= 11 is 0. The van der Waals surface area contributed by atoms with Crippen molar-refractivity contribution in [3.63, 3.8) is 0 Å². The molecule has 0 saturated heterocycles. The van der Waals surface area contributed by atoms with Gasteiger partial charge in [-0.1, -0.05) is 25.7 Å². The highest BCUT2D eigenvalue weighted by Gasteiger charge is 2.28. The van der Waals surface area contributed by atoms with Gasteiger partial charge in [0.15, 0.2) is 0 Å². The fourth-order valence-electron chi connectivity index (χ4n) is 2.68. The molecule has 0 unspecified atom stereocenters. The van der Waals surface area contributed by atoms with Gasteiger partial charge in [0.2, 0.25) is 10.0 Å². The molecule has 1 aliphatic carbocycles. The van der Waals surface area contributed by atoms with Crippen molar-refractivity contribution in [3.05, 3.63) is 18.2 Å². The highest BCUT2D eigenvalue weighted by Crippen LogP contribution is 2.28. The summed E-state index contributed by atoms with van der Waals surface area (Å²) in [6.07, 6.45) is 6.31. The van der Waals surface area contributed by atoms with Crippen LogP contribution in [0.15, 0.2) is 23.1 Å². The van der Waals surface area contributed by atoms with E-state index in [1.54, 1.807) is 7.05 Å². The summed E-state index contributed by atoms with van der Waals surface area (Å²) in [6.45, 7) is 0. The molecule has 1 fully saturated rings. The van der Waals surface area contributed by atoms with Crippen LogP contribution in [0.1, 0.15) is 38.5 Å². The van der Waals surface area contributed by atoms with Gasteiger partial charge in [0, 0.05) is 13.1 Å².